The Morgan fingerprint density at radius 1 is 1.36 bits per heavy atom. The normalized spacial score (nSPS) is 16.0. The van der Waals surface area contributed by atoms with E-state index in [1.165, 1.54) is 0 Å². The van der Waals surface area contributed by atoms with Crippen molar-refractivity contribution in [3.8, 4) is 0 Å². The van der Waals surface area contributed by atoms with Crippen LogP contribution in [0.2, 0.25) is 0 Å². The highest BCUT2D eigenvalue weighted by atomic mass is 127. The van der Waals surface area contributed by atoms with E-state index in [4.69, 9.17) is 0 Å². The predicted molar refractivity (Wildman–Crippen MR) is 62.7 cm³/mol. The Kier molecular flexibility index (Phi) is 3.16. The largest absolute Gasteiger partial charge is 0.376 e. The Balaban J connectivity index is 3.14. The third-order valence-electron chi connectivity index (χ3n) is 1.37. The summed E-state index contributed by atoms with van der Waals surface area (Å²) in [6.07, 6.45) is 0. The first kappa shape index (κ1) is 9.73. The topological polar surface area (TPSA) is 20.2 Å². The third kappa shape index (κ3) is 2.55. The van der Waals surface area contributed by atoms with E-state index in [1.54, 1.807) is 6.92 Å². The lowest BCUT2D eigenvalue weighted by atomic mass is 10.1. The van der Waals surface area contributed by atoms with Crippen LogP contribution in [0.4, 0.5) is 0 Å². The van der Waals surface area contributed by atoms with Gasteiger partial charge in [0, 0.05) is 9.13 Å². The summed E-state index contributed by atoms with van der Waals surface area (Å²) in [5.41, 5.74) is 0.973. The molecule has 1 N–H and O–H groups in total. The molecule has 60 valence electrons. The average molecular weight is 374 g/mol. The Hall–Kier alpha value is 0.640. The first-order valence-electron chi connectivity index (χ1n) is 3.18. The Morgan fingerprint density at radius 3 is 2.27 bits per heavy atom. The molecule has 3 heteroatoms. The van der Waals surface area contributed by atoms with E-state index < -0.39 is 3.61 Å². The molecule has 0 spiro atoms. The van der Waals surface area contributed by atoms with Crippen LogP contribution in [0.25, 0.3) is 0 Å². The van der Waals surface area contributed by atoms with Gasteiger partial charge in [-0.25, -0.2) is 0 Å². The van der Waals surface area contributed by atoms with Crippen molar-refractivity contribution in [2.75, 3.05) is 0 Å². The molecule has 0 aromatic heterocycles. The SMILES string of the molecule is C[C@](O)(I)c1ccccc1I. The lowest BCUT2D eigenvalue weighted by molar-refractivity contribution is 0.178. The van der Waals surface area contributed by atoms with Gasteiger partial charge in [-0.05, 0) is 58.2 Å². The Morgan fingerprint density at radius 2 is 1.91 bits per heavy atom. The molecule has 0 aliphatic carbocycles. The average Bonchev–Trinajstić information content (AvgIpc) is 1.86. The first-order chi connectivity index (χ1) is 5.02. The van der Waals surface area contributed by atoms with Crippen LogP contribution in [0.5, 0.6) is 0 Å². The predicted octanol–water partition coefficient (Wildman–Crippen LogP) is 2.89. The van der Waals surface area contributed by atoms with Crippen LogP contribution in [0.3, 0.4) is 0 Å². The second-order valence-corrected chi connectivity index (χ2v) is 5.70. The fourth-order valence-electron chi connectivity index (χ4n) is 0.831. The van der Waals surface area contributed by atoms with Crippen molar-refractivity contribution < 1.29 is 5.11 Å². The highest BCUT2D eigenvalue weighted by Gasteiger charge is 2.19. The summed E-state index contributed by atoms with van der Waals surface area (Å²) in [6, 6.07) is 7.83. The van der Waals surface area contributed by atoms with Crippen LogP contribution in [0, 0.1) is 3.57 Å². The van der Waals surface area contributed by atoms with Crippen molar-refractivity contribution in [1.82, 2.24) is 0 Å². The van der Waals surface area contributed by atoms with Crippen LogP contribution in [-0.2, 0) is 3.61 Å². The molecule has 1 atom stereocenters. The molecule has 0 fully saturated rings. The van der Waals surface area contributed by atoms with Crippen molar-refractivity contribution in [3.05, 3.63) is 33.4 Å². The maximum Gasteiger partial charge on any atom is 0.139 e. The van der Waals surface area contributed by atoms with Crippen molar-refractivity contribution in [2.24, 2.45) is 0 Å². The maximum absolute atomic E-state index is 9.65. The molecule has 0 saturated heterocycles. The zero-order chi connectivity index (χ0) is 8.48. The van der Waals surface area contributed by atoms with E-state index in [-0.39, 0.29) is 0 Å². The van der Waals surface area contributed by atoms with Crippen molar-refractivity contribution in [2.45, 2.75) is 10.5 Å². The quantitative estimate of drug-likeness (QED) is 0.592. The molecule has 1 nitrogen and oxygen atoms in total. The smallest absolute Gasteiger partial charge is 0.139 e. The Bertz CT molecular complexity index is 253. The number of hydrogen-bond donors (Lipinski definition) is 1. The summed E-state index contributed by atoms with van der Waals surface area (Å²) in [5, 5.41) is 9.65. The van der Waals surface area contributed by atoms with Gasteiger partial charge < -0.3 is 5.11 Å². The zero-order valence-corrected chi connectivity index (χ0v) is 10.3. The fourth-order valence-corrected chi connectivity index (χ4v) is 2.73. The lowest BCUT2D eigenvalue weighted by Crippen LogP contribution is -2.12. The van der Waals surface area contributed by atoms with Gasteiger partial charge in [-0.1, -0.05) is 18.2 Å². The molecule has 0 unspecified atom stereocenters. The van der Waals surface area contributed by atoms with E-state index >= 15 is 0 Å². The molecule has 11 heavy (non-hydrogen) atoms. The molecule has 0 aliphatic heterocycles. The number of benzene rings is 1. The summed E-state index contributed by atoms with van der Waals surface area (Å²) >= 11 is 4.24. The van der Waals surface area contributed by atoms with E-state index in [9.17, 15) is 5.11 Å². The minimum Gasteiger partial charge on any atom is -0.376 e. The minimum absolute atomic E-state index is 0.754. The molecule has 1 aromatic carbocycles. The van der Waals surface area contributed by atoms with Crippen molar-refractivity contribution in [1.29, 1.82) is 0 Å². The van der Waals surface area contributed by atoms with Crippen LogP contribution in [0.1, 0.15) is 12.5 Å². The molecule has 1 aromatic rings. The standard InChI is InChI=1S/C8H8I2O/c1-8(10,11)6-4-2-3-5-7(6)9/h2-5,11H,1H3/t8-/m1/s1. The van der Waals surface area contributed by atoms with Gasteiger partial charge in [0.2, 0.25) is 0 Å². The molecular weight excluding hydrogens is 366 g/mol. The molecule has 0 aliphatic rings. The second-order valence-electron chi connectivity index (χ2n) is 2.43. The van der Waals surface area contributed by atoms with Crippen LogP contribution in [0.15, 0.2) is 24.3 Å². The van der Waals surface area contributed by atoms with Crippen LogP contribution >= 0.6 is 45.2 Å². The van der Waals surface area contributed by atoms with Crippen LogP contribution in [-0.4, -0.2) is 5.11 Å². The molecule has 1 rings (SSSR count). The summed E-state index contributed by atoms with van der Waals surface area (Å²) in [7, 11) is 0. The van der Waals surface area contributed by atoms with E-state index in [1.807, 2.05) is 46.9 Å². The third-order valence-corrected chi connectivity index (χ3v) is 2.89. The summed E-state index contributed by atoms with van der Waals surface area (Å²) in [4.78, 5) is 0. The van der Waals surface area contributed by atoms with E-state index in [2.05, 4.69) is 22.6 Å². The molecule has 0 heterocycles. The summed E-state index contributed by atoms with van der Waals surface area (Å²) in [6.45, 7) is 1.78. The highest BCUT2D eigenvalue weighted by Crippen LogP contribution is 2.30. The molecule has 0 amide bonds. The van der Waals surface area contributed by atoms with Crippen LogP contribution < -0.4 is 0 Å². The van der Waals surface area contributed by atoms with Gasteiger partial charge in [-0.2, -0.15) is 0 Å². The summed E-state index contributed by atoms with van der Waals surface area (Å²) in [5.74, 6) is 0. The van der Waals surface area contributed by atoms with E-state index in [0.29, 0.717) is 0 Å². The maximum atomic E-state index is 9.65. The van der Waals surface area contributed by atoms with Crippen molar-refractivity contribution >= 4 is 45.2 Å². The molecular formula is C8H8I2O. The lowest BCUT2D eigenvalue weighted by Gasteiger charge is -2.16. The van der Waals surface area contributed by atoms with Gasteiger partial charge in [0.05, 0.1) is 0 Å². The van der Waals surface area contributed by atoms with Crippen molar-refractivity contribution in [3.63, 3.8) is 0 Å². The van der Waals surface area contributed by atoms with Gasteiger partial charge in [0.15, 0.2) is 0 Å². The first-order valence-corrected chi connectivity index (χ1v) is 5.34. The number of alkyl halides is 1. The number of halogens is 2. The summed E-state index contributed by atoms with van der Waals surface area (Å²) < 4.78 is 0.347. The Labute approximate surface area is 93.5 Å². The van der Waals surface area contributed by atoms with Gasteiger partial charge in [0.1, 0.15) is 3.61 Å². The van der Waals surface area contributed by atoms with Gasteiger partial charge in [0.25, 0.3) is 0 Å². The number of aliphatic hydroxyl groups is 1. The fraction of sp³-hybridized carbons (Fsp3) is 0.250. The van der Waals surface area contributed by atoms with Gasteiger partial charge in [-0.3, -0.25) is 0 Å². The molecule has 0 bridgehead atoms. The van der Waals surface area contributed by atoms with Gasteiger partial charge in [-0.15, -0.1) is 0 Å². The molecule has 0 saturated carbocycles. The number of rotatable bonds is 1. The molecule has 0 radical (unpaired) electrons. The number of hydrogen-bond acceptors (Lipinski definition) is 1. The highest BCUT2D eigenvalue weighted by molar-refractivity contribution is 14.1. The second kappa shape index (κ2) is 3.57. The minimum atomic E-state index is -0.754. The van der Waals surface area contributed by atoms with E-state index in [0.717, 1.165) is 9.13 Å². The monoisotopic (exact) mass is 374 g/mol. The van der Waals surface area contributed by atoms with Gasteiger partial charge >= 0.3 is 0 Å². The zero-order valence-electron chi connectivity index (χ0n) is 6.01.